The van der Waals surface area contributed by atoms with Crippen LogP contribution in [0.2, 0.25) is 0 Å². The highest BCUT2D eigenvalue weighted by atomic mass is 79.9. The molecule has 20 heavy (non-hydrogen) atoms. The molecule has 0 unspecified atom stereocenters. The zero-order chi connectivity index (χ0) is 15.0. The molecule has 0 saturated carbocycles. The standard InChI is InChI=1S/C18H27BrO/c1-4-7-8-9-14-18(5-2,6-3)17(20)15-10-12-16(19)13-11-15/h5,10-13,17,20H,2,4,6-9,14H2,1,3H3/t17-,18+/m0/s1. The van der Waals surface area contributed by atoms with Crippen molar-refractivity contribution in [3.8, 4) is 0 Å². The minimum atomic E-state index is -0.472. The third kappa shape index (κ3) is 4.46. The lowest BCUT2D eigenvalue weighted by Gasteiger charge is -2.35. The number of unbranched alkanes of at least 4 members (excludes halogenated alkanes) is 3. The van der Waals surface area contributed by atoms with Crippen molar-refractivity contribution in [2.24, 2.45) is 5.41 Å². The van der Waals surface area contributed by atoms with Gasteiger partial charge in [0.25, 0.3) is 0 Å². The van der Waals surface area contributed by atoms with Crippen molar-refractivity contribution in [3.05, 3.63) is 47.0 Å². The first-order chi connectivity index (χ1) is 9.59. The summed E-state index contributed by atoms with van der Waals surface area (Å²) in [5.41, 5.74) is 0.770. The number of hydrogen-bond acceptors (Lipinski definition) is 1. The van der Waals surface area contributed by atoms with E-state index >= 15 is 0 Å². The Hall–Kier alpha value is -0.600. The van der Waals surface area contributed by atoms with Crippen molar-refractivity contribution in [3.63, 3.8) is 0 Å². The summed E-state index contributed by atoms with van der Waals surface area (Å²) in [5, 5.41) is 10.8. The first-order valence-corrected chi connectivity index (χ1v) is 8.46. The molecule has 0 amide bonds. The van der Waals surface area contributed by atoms with Crippen LogP contribution in [-0.4, -0.2) is 5.11 Å². The summed E-state index contributed by atoms with van der Waals surface area (Å²) in [4.78, 5) is 0. The third-order valence-corrected chi connectivity index (χ3v) is 4.82. The fraction of sp³-hybridized carbons (Fsp3) is 0.556. The Bertz CT molecular complexity index is 398. The normalized spacial score (nSPS) is 15.6. The zero-order valence-corrected chi connectivity index (χ0v) is 14.3. The molecule has 0 fully saturated rings. The summed E-state index contributed by atoms with van der Waals surface area (Å²) >= 11 is 3.44. The molecule has 0 heterocycles. The predicted molar refractivity (Wildman–Crippen MR) is 90.8 cm³/mol. The second-order valence-corrected chi connectivity index (χ2v) is 6.47. The molecule has 0 aliphatic heterocycles. The number of rotatable bonds is 9. The minimum Gasteiger partial charge on any atom is -0.388 e. The second kappa shape index (κ2) is 8.63. The van der Waals surface area contributed by atoms with Crippen molar-refractivity contribution in [1.29, 1.82) is 0 Å². The van der Waals surface area contributed by atoms with Gasteiger partial charge in [-0.1, -0.05) is 73.7 Å². The summed E-state index contributed by atoms with van der Waals surface area (Å²) in [6.45, 7) is 8.36. The summed E-state index contributed by atoms with van der Waals surface area (Å²) in [6, 6.07) is 7.96. The van der Waals surface area contributed by atoms with Crippen molar-refractivity contribution in [1.82, 2.24) is 0 Å². The first-order valence-electron chi connectivity index (χ1n) is 7.66. The lowest BCUT2D eigenvalue weighted by molar-refractivity contribution is 0.0463. The highest BCUT2D eigenvalue weighted by Gasteiger charge is 2.33. The summed E-state index contributed by atoms with van der Waals surface area (Å²) < 4.78 is 1.04. The molecule has 2 atom stereocenters. The Morgan fingerprint density at radius 1 is 1.20 bits per heavy atom. The fourth-order valence-electron chi connectivity index (χ4n) is 2.72. The monoisotopic (exact) mass is 338 g/mol. The quantitative estimate of drug-likeness (QED) is 0.430. The number of halogens is 1. The van der Waals surface area contributed by atoms with Gasteiger partial charge in [-0.2, -0.15) is 0 Å². The number of aliphatic hydroxyl groups is 1. The summed E-state index contributed by atoms with van der Waals surface area (Å²) in [7, 11) is 0. The molecule has 0 aliphatic rings. The molecule has 1 aromatic rings. The maximum atomic E-state index is 10.8. The van der Waals surface area contributed by atoms with Crippen LogP contribution in [0, 0.1) is 5.41 Å². The Morgan fingerprint density at radius 2 is 1.85 bits per heavy atom. The molecule has 0 aromatic heterocycles. The SMILES string of the molecule is C=C[C@@](CC)(CCCCCC)[C@@H](O)c1ccc(Br)cc1. The maximum Gasteiger partial charge on any atom is 0.0880 e. The van der Waals surface area contributed by atoms with Gasteiger partial charge in [0.2, 0.25) is 0 Å². The van der Waals surface area contributed by atoms with Crippen LogP contribution in [-0.2, 0) is 0 Å². The topological polar surface area (TPSA) is 20.2 Å². The fourth-order valence-corrected chi connectivity index (χ4v) is 2.99. The number of hydrogen-bond donors (Lipinski definition) is 1. The highest BCUT2D eigenvalue weighted by Crippen LogP contribution is 2.43. The van der Waals surface area contributed by atoms with E-state index in [1.165, 1.54) is 19.3 Å². The molecular weight excluding hydrogens is 312 g/mol. The number of benzene rings is 1. The van der Waals surface area contributed by atoms with Gasteiger partial charge in [0.05, 0.1) is 6.10 Å². The van der Waals surface area contributed by atoms with E-state index in [0.717, 1.165) is 29.3 Å². The van der Waals surface area contributed by atoms with Gasteiger partial charge in [0.1, 0.15) is 0 Å². The highest BCUT2D eigenvalue weighted by molar-refractivity contribution is 9.10. The third-order valence-electron chi connectivity index (χ3n) is 4.29. The molecule has 0 aliphatic carbocycles. The van der Waals surface area contributed by atoms with Gasteiger partial charge in [-0.3, -0.25) is 0 Å². The van der Waals surface area contributed by atoms with E-state index in [1.807, 2.05) is 30.3 Å². The Labute approximate surface area is 132 Å². The second-order valence-electron chi connectivity index (χ2n) is 5.56. The van der Waals surface area contributed by atoms with Crippen LogP contribution in [0.15, 0.2) is 41.4 Å². The van der Waals surface area contributed by atoms with Crippen LogP contribution in [0.3, 0.4) is 0 Å². The smallest absolute Gasteiger partial charge is 0.0880 e. The van der Waals surface area contributed by atoms with Crippen LogP contribution < -0.4 is 0 Å². The summed E-state index contributed by atoms with van der Waals surface area (Å²) in [6.07, 6.45) is 8.31. The zero-order valence-electron chi connectivity index (χ0n) is 12.7. The van der Waals surface area contributed by atoms with Crippen LogP contribution in [0.25, 0.3) is 0 Å². The largest absolute Gasteiger partial charge is 0.388 e. The van der Waals surface area contributed by atoms with E-state index in [-0.39, 0.29) is 5.41 Å². The Morgan fingerprint density at radius 3 is 2.35 bits per heavy atom. The Kier molecular flexibility index (Phi) is 7.53. The van der Waals surface area contributed by atoms with Crippen molar-refractivity contribution in [2.45, 2.75) is 58.5 Å². The van der Waals surface area contributed by atoms with Crippen molar-refractivity contribution >= 4 is 15.9 Å². The average Bonchev–Trinajstić information content (AvgIpc) is 2.48. The molecule has 1 aromatic carbocycles. The Balaban J connectivity index is 2.82. The molecule has 1 nitrogen and oxygen atoms in total. The van der Waals surface area contributed by atoms with Gasteiger partial charge >= 0.3 is 0 Å². The lowest BCUT2D eigenvalue weighted by Crippen LogP contribution is -2.26. The summed E-state index contributed by atoms with van der Waals surface area (Å²) in [5.74, 6) is 0. The molecular formula is C18H27BrO. The van der Waals surface area contributed by atoms with Crippen LogP contribution in [0.4, 0.5) is 0 Å². The van der Waals surface area contributed by atoms with Gasteiger partial charge in [-0.05, 0) is 30.5 Å². The van der Waals surface area contributed by atoms with E-state index in [0.29, 0.717) is 0 Å². The van der Waals surface area contributed by atoms with E-state index in [1.54, 1.807) is 0 Å². The molecule has 1 rings (SSSR count). The van der Waals surface area contributed by atoms with Crippen LogP contribution >= 0.6 is 15.9 Å². The predicted octanol–water partition coefficient (Wildman–Crippen LogP) is 6.04. The molecule has 0 saturated heterocycles. The molecule has 112 valence electrons. The first kappa shape index (κ1) is 17.5. The molecule has 2 heteroatoms. The van der Waals surface area contributed by atoms with Crippen LogP contribution in [0.1, 0.15) is 64.0 Å². The molecule has 1 N–H and O–H groups in total. The van der Waals surface area contributed by atoms with Gasteiger partial charge in [-0.25, -0.2) is 0 Å². The van der Waals surface area contributed by atoms with E-state index in [9.17, 15) is 5.11 Å². The lowest BCUT2D eigenvalue weighted by atomic mass is 9.73. The van der Waals surface area contributed by atoms with Gasteiger partial charge in [-0.15, -0.1) is 6.58 Å². The minimum absolute atomic E-state index is 0.207. The van der Waals surface area contributed by atoms with Crippen LogP contribution in [0.5, 0.6) is 0 Å². The van der Waals surface area contributed by atoms with Crippen molar-refractivity contribution in [2.75, 3.05) is 0 Å². The van der Waals surface area contributed by atoms with E-state index in [2.05, 4.69) is 36.4 Å². The number of aliphatic hydroxyl groups excluding tert-OH is 1. The molecule has 0 bridgehead atoms. The van der Waals surface area contributed by atoms with E-state index < -0.39 is 6.10 Å². The van der Waals surface area contributed by atoms with Gasteiger partial charge in [0.15, 0.2) is 0 Å². The maximum absolute atomic E-state index is 10.8. The van der Waals surface area contributed by atoms with Crippen molar-refractivity contribution < 1.29 is 5.11 Å². The van der Waals surface area contributed by atoms with Gasteiger partial charge in [0, 0.05) is 9.89 Å². The van der Waals surface area contributed by atoms with E-state index in [4.69, 9.17) is 0 Å². The molecule has 0 radical (unpaired) electrons. The average molecular weight is 339 g/mol. The van der Waals surface area contributed by atoms with Gasteiger partial charge < -0.3 is 5.11 Å². The molecule has 0 spiro atoms.